The van der Waals surface area contributed by atoms with E-state index in [-0.39, 0.29) is 11.2 Å². The summed E-state index contributed by atoms with van der Waals surface area (Å²) in [5, 5.41) is 3.08. The molecule has 5 nitrogen and oxygen atoms in total. The first-order chi connectivity index (χ1) is 12.6. The third-order valence-corrected chi connectivity index (χ3v) is 5.15. The van der Waals surface area contributed by atoms with Crippen LogP contribution in [0, 0.1) is 0 Å². The summed E-state index contributed by atoms with van der Waals surface area (Å²) in [4.78, 5) is 13.5. The molecule has 1 aliphatic heterocycles. The number of carbonyl (C=O) groups excluding carboxylic acids is 1. The zero-order valence-electron chi connectivity index (χ0n) is 14.6. The van der Waals surface area contributed by atoms with Crippen molar-refractivity contribution >= 4 is 35.0 Å². The molecule has 0 aromatic heterocycles. The Balaban J connectivity index is 1.68. The van der Waals surface area contributed by atoms with E-state index in [1.807, 2.05) is 25.1 Å². The summed E-state index contributed by atoms with van der Waals surface area (Å²) in [5.41, 5.74) is 0.552. The molecule has 2 aromatic carbocycles. The van der Waals surface area contributed by atoms with Gasteiger partial charge in [0.2, 0.25) is 5.91 Å². The Morgan fingerprint density at radius 2 is 1.96 bits per heavy atom. The van der Waals surface area contributed by atoms with Crippen LogP contribution >= 0.6 is 23.4 Å². The van der Waals surface area contributed by atoms with Gasteiger partial charge in [0.25, 0.3) is 0 Å². The number of carbonyl (C=O) groups is 1. The summed E-state index contributed by atoms with van der Waals surface area (Å²) in [5.74, 6) is 1.89. The number of amides is 1. The molecule has 0 saturated heterocycles. The molecule has 1 atom stereocenters. The van der Waals surface area contributed by atoms with E-state index >= 15 is 0 Å². The predicted octanol–water partition coefficient (Wildman–Crippen LogP) is 4.63. The first-order valence-corrected chi connectivity index (χ1v) is 9.53. The Morgan fingerprint density at radius 3 is 2.73 bits per heavy atom. The molecular formula is C19H20ClNO4S. The van der Waals surface area contributed by atoms with Gasteiger partial charge in [-0.1, -0.05) is 11.6 Å². The predicted molar refractivity (Wildman–Crippen MR) is 104 cm³/mol. The number of anilines is 1. The van der Waals surface area contributed by atoms with Gasteiger partial charge in [0.1, 0.15) is 5.75 Å². The first kappa shape index (κ1) is 18.7. The van der Waals surface area contributed by atoms with Crippen molar-refractivity contribution in [2.24, 2.45) is 0 Å². The van der Waals surface area contributed by atoms with Gasteiger partial charge in [0.05, 0.1) is 31.3 Å². The molecule has 2 aromatic rings. The van der Waals surface area contributed by atoms with Crippen molar-refractivity contribution < 1.29 is 19.0 Å². The van der Waals surface area contributed by atoms with Crippen LogP contribution in [0.15, 0.2) is 41.3 Å². The highest BCUT2D eigenvalue weighted by Crippen LogP contribution is 2.36. The molecule has 1 amide bonds. The Labute approximate surface area is 162 Å². The smallest absolute Gasteiger partial charge is 0.237 e. The Morgan fingerprint density at radius 1 is 1.19 bits per heavy atom. The highest BCUT2D eigenvalue weighted by atomic mass is 35.5. The van der Waals surface area contributed by atoms with E-state index in [4.69, 9.17) is 25.8 Å². The van der Waals surface area contributed by atoms with Crippen LogP contribution < -0.4 is 19.5 Å². The molecule has 0 bridgehead atoms. The van der Waals surface area contributed by atoms with Gasteiger partial charge in [-0.15, -0.1) is 11.8 Å². The number of thioether (sulfide) groups is 1. The molecule has 0 radical (unpaired) electrons. The van der Waals surface area contributed by atoms with Crippen molar-refractivity contribution in [1.82, 2.24) is 0 Å². The van der Waals surface area contributed by atoms with Crippen molar-refractivity contribution in [2.75, 3.05) is 25.6 Å². The first-order valence-electron chi connectivity index (χ1n) is 8.27. The maximum Gasteiger partial charge on any atom is 0.237 e. The van der Waals surface area contributed by atoms with Gasteiger partial charge >= 0.3 is 0 Å². The summed E-state index contributed by atoms with van der Waals surface area (Å²) < 4.78 is 16.6. The van der Waals surface area contributed by atoms with Gasteiger partial charge in [-0.05, 0) is 43.3 Å². The van der Waals surface area contributed by atoms with Gasteiger partial charge in [-0.25, -0.2) is 0 Å². The van der Waals surface area contributed by atoms with Gasteiger partial charge < -0.3 is 19.5 Å². The number of fused-ring (bicyclic) bond motifs is 1. The van der Waals surface area contributed by atoms with E-state index in [9.17, 15) is 4.79 Å². The molecule has 7 heteroatoms. The molecule has 0 aliphatic carbocycles. The highest BCUT2D eigenvalue weighted by Gasteiger charge is 2.18. The largest absolute Gasteiger partial charge is 0.495 e. The average molecular weight is 394 g/mol. The second-order valence-electron chi connectivity index (χ2n) is 5.75. The van der Waals surface area contributed by atoms with E-state index in [1.165, 1.54) is 11.8 Å². The van der Waals surface area contributed by atoms with E-state index in [2.05, 4.69) is 5.32 Å². The van der Waals surface area contributed by atoms with Crippen LogP contribution in [0.5, 0.6) is 17.2 Å². The Hall–Kier alpha value is -2.05. The third-order valence-electron chi connectivity index (χ3n) is 3.82. The molecule has 138 valence electrons. The normalized spacial score (nSPS) is 14.3. The zero-order valence-corrected chi connectivity index (χ0v) is 16.2. The summed E-state index contributed by atoms with van der Waals surface area (Å²) >= 11 is 7.46. The van der Waals surface area contributed by atoms with E-state index in [1.54, 1.807) is 25.3 Å². The zero-order chi connectivity index (χ0) is 18.5. The number of halogens is 1. The van der Waals surface area contributed by atoms with Crippen LogP contribution in [-0.4, -0.2) is 31.5 Å². The number of hydrogen-bond acceptors (Lipinski definition) is 5. The quantitative estimate of drug-likeness (QED) is 0.750. The van der Waals surface area contributed by atoms with Gasteiger partial charge in [-0.2, -0.15) is 0 Å². The van der Waals surface area contributed by atoms with Crippen LogP contribution in [0.25, 0.3) is 0 Å². The lowest BCUT2D eigenvalue weighted by Gasteiger charge is -2.15. The number of methoxy groups -OCH3 is 1. The van der Waals surface area contributed by atoms with Gasteiger partial charge in [-0.3, -0.25) is 4.79 Å². The summed E-state index contributed by atoms with van der Waals surface area (Å²) in [6.45, 7) is 3.13. The standard InChI is InChI=1S/C19H20ClNO4S/c1-12(19(22)21-15-10-13(20)4-6-16(15)23-2)26-14-5-7-17-18(11-14)25-9-3-8-24-17/h4-7,10-12H,3,8-9H2,1-2H3,(H,21,22)/t12-/m0/s1. The number of benzene rings is 2. The summed E-state index contributed by atoms with van der Waals surface area (Å²) in [7, 11) is 1.55. The van der Waals surface area contributed by atoms with Crippen LogP contribution in [-0.2, 0) is 4.79 Å². The fourth-order valence-corrected chi connectivity index (χ4v) is 3.55. The van der Waals surface area contributed by atoms with E-state index < -0.39 is 0 Å². The van der Waals surface area contributed by atoms with Gasteiger partial charge in [0.15, 0.2) is 11.5 Å². The number of ether oxygens (including phenoxy) is 3. The Bertz CT molecular complexity index is 799. The number of nitrogens with one attached hydrogen (secondary N) is 1. The van der Waals surface area contributed by atoms with E-state index in [0.29, 0.717) is 29.7 Å². The number of rotatable bonds is 5. The lowest BCUT2D eigenvalue weighted by Crippen LogP contribution is -2.22. The summed E-state index contributed by atoms with van der Waals surface area (Å²) in [6, 6.07) is 10.8. The van der Waals surface area contributed by atoms with Crippen molar-refractivity contribution in [2.45, 2.75) is 23.5 Å². The van der Waals surface area contributed by atoms with Crippen LogP contribution in [0.4, 0.5) is 5.69 Å². The van der Waals surface area contributed by atoms with Crippen molar-refractivity contribution in [3.63, 3.8) is 0 Å². The fourth-order valence-electron chi connectivity index (χ4n) is 2.49. The minimum Gasteiger partial charge on any atom is -0.495 e. The molecule has 1 N–H and O–H groups in total. The fraction of sp³-hybridized carbons (Fsp3) is 0.316. The molecule has 0 spiro atoms. The van der Waals surface area contributed by atoms with Crippen LogP contribution in [0.2, 0.25) is 5.02 Å². The molecule has 0 fully saturated rings. The molecule has 0 saturated carbocycles. The van der Waals surface area contributed by atoms with Crippen molar-refractivity contribution in [1.29, 1.82) is 0 Å². The second kappa shape index (κ2) is 8.56. The minimum atomic E-state index is -0.316. The maximum atomic E-state index is 12.6. The second-order valence-corrected chi connectivity index (χ2v) is 7.60. The highest BCUT2D eigenvalue weighted by molar-refractivity contribution is 8.00. The van der Waals surface area contributed by atoms with Crippen LogP contribution in [0.3, 0.4) is 0 Å². The Kier molecular flexibility index (Phi) is 6.16. The van der Waals surface area contributed by atoms with Crippen molar-refractivity contribution in [3.8, 4) is 17.2 Å². The van der Waals surface area contributed by atoms with Crippen LogP contribution in [0.1, 0.15) is 13.3 Å². The molecular weight excluding hydrogens is 374 g/mol. The molecule has 26 heavy (non-hydrogen) atoms. The number of hydrogen-bond donors (Lipinski definition) is 1. The molecule has 1 aliphatic rings. The minimum absolute atomic E-state index is 0.136. The SMILES string of the molecule is COc1ccc(Cl)cc1NC(=O)[C@H](C)Sc1ccc2c(c1)OCCCO2. The lowest BCUT2D eigenvalue weighted by molar-refractivity contribution is -0.115. The topological polar surface area (TPSA) is 56.8 Å². The monoisotopic (exact) mass is 393 g/mol. The molecule has 3 rings (SSSR count). The van der Waals surface area contributed by atoms with Gasteiger partial charge in [0, 0.05) is 16.3 Å². The third kappa shape index (κ3) is 4.56. The maximum absolute atomic E-state index is 12.6. The van der Waals surface area contributed by atoms with E-state index in [0.717, 1.165) is 22.8 Å². The lowest BCUT2D eigenvalue weighted by atomic mass is 10.3. The average Bonchev–Trinajstić information content (AvgIpc) is 2.86. The summed E-state index contributed by atoms with van der Waals surface area (Å²) in [6.07, 6.45) is 0.859. The molecule has 1 heterocycles. The van der Waals surface area contributed by atoms with Crippen molar-refractivity contribution in [3.05, 3.63) is 41.4 Å². The molecule has 0 unspecified atom stereocenters.